The van der Waals surface area contributed by atoms with Crippen molar-refractivity contribution in [1.82, 2.24) is 0 Å². The molecule has 7 heteroatoms. The van der Waals surface area contributed by atoms with Crippen LogP contribution in [-0.4, -0.2) is 21.2 Å². The fraction of sp³-hybridized carbons (Fsp3) is 0.462. The molecule has 0 fully saturated rings. The Morgan fingerprint density at radius 3 is 2.35 bits per heavy atom. The van der Waals surface area contributed by atoms with E-state index in [1.807, 2.05) is 0 Å². The van der Waals surface area contributed by atoms with Gasteiger partial charge in [-0.2, -0.15) is 0 Å². The molecule has 0 aromatic heterocycles. The van der Waals surface area contributed by atoms with Gasteiger partial charge in [-0.05, 0) is 12.5 Å². The van der Waals surface area contributed by atoms with Crippen molar-refractivity contribution in [3.8, 4) is 0 Å². The fourth-order valence-corrected chi connectivity index (χ4v) is 2.05. The van der Waals surface area contributed by atoms with E-state index in [1.54, 1.807) is 6.07 Å². The third-order valence-corrected chi connectivity index (χ3v) is 3.30. The topological polar surface area (TPSA) is 103 Å². The van der Waals surface area contributed by atoms with E-state index in [-0.39, 0.29) is 17.9 Å². The first-order valence-corrected chi connectivity index (χ1v) is 6.04. The molecule has 1 aromatic rings. The first-order chi connectivity index (χ1) is 9.16. The smallest absolute Gasteiger partial charge is 0.269 e. The third-order valence-electron chi connectivity index (χ3n) is 3.30. The normalized spacial score (nSPS) is 12.8. The van der Waals surface area contributed by atoms with Crippen molar-refractivity contribution < 1.29 is 14.6 Å². The van der Waals surface area contributed by atoms with Crippen molar-refractivity contribution in [2.45, 2.75) is 38.6 Å². The van der Waals surface area contributed by atoms with Crippen molar-refractivity contribution in [3.63, 3.8) is 0 Å². The minimum absolute atomic E-state index is 0.0326. The second kappa shape index (κ2) is 5.77. The molecule has 0 unspecified atom stereocenters. The maximum Gasteiger partial charge on any atom is 0.269 e. The summed E-state index contributed by atoms with van der Waals surface area (Å²) in [6.07, 6.45) is -0.0326. The van der Waals surface area contributed by atoms with E-state index in [0.717, 1.165) is 0 Å². The van der Waals surface area contributed by atoms with Gasteiger partial charge in [0.1, 0.15) is 5.78 Å². The van der Waals surface area contributed by atoms with E-state index in [4.69, 9.17) is 0 Å². The Balaban J connectivity index is 3.31. The number of nitrogens with zero attached hydrogens (tertiary/aromatic N) is 2. The van der Waals surface area contributed by atoms with Gasteiger partial charge in [0.25, 0.3) is 5.69 Å². The highest BCUT2D eigenvalue weighted by Gasteiger charge is 2.42. The van der Waals surface area contributed by atoms with Crippen LogP contribution in [0.4, 0.5) is 5.69 Å². The monoisotopic (exact) mass is 280 g/mol. The molecular weight excluding hydrogens is 264 g/mol. The number of nitro groups is 2. The molecule has 0 aliphatic heterocycles. The van der Waals surface area contributed by atoms with E-state index in [9.17, 15) is 25.0 Å². The molecule has 1 aromatic carbocycles. The molecular formula is C13H16N2O5. The first-order valence-electron chi connectivity index (χ1n) is 6.04. The largest absolute Gasteiger partial charge is 0.300 e. The van der Waals surface area contributed by atoms with Crippen molar-refractivity contribution in [1.29, 1.82) is 0 Å². The van der Waals surface area contributed by atoms with Gasteiger partial charge in [0.2, 0.25) is 5.54 Å². The molecule has 0 radical (unpaired) electrons. The maximum absolute atomic E-state index is 11.4. The number of ketones is 1. The van der Waals surface area contributed by atoms with Gasteiger partial charge in [0, 0.05) is 37.3 Å². The predicted octanol–water partition coefficient (Wildman–Crippen LogP) is 2.71. The summed E-state index contributed by atoms with van der Waals surface area (Å²) in [7, 11) is 0. The van der Waals surface area contributed by atoms with Crippen LogP contribution in [-0.2, 0) is 4.79 Å². The molecule has 108 valence electrons. The highest BCUT2D eigenvalue weighted by molar-refractivity contribution is 5.76. The number of carbonyl (C=O) groups excluding carboxylic acids is 1. The van der Waals surface area contributed by atoms with Crippen LogP contribution in [0.3, 0.4) is 0 Å². The summed E-state index contributed by atoms with van der Waals surface area (Å²) < 4.78 is 0. The number of carbonyl (C=O) groups is 1. The zero-order chi connectivity index (χ0) is 15.5. The summed E-state index contributed by atoms with van der Waals surface area (Å²) in [5.74, 6) is -0.911. The summed E-state index contributed by atoms with van der Waals surface area (Å²) in [6, 6.07) is 5.65. The Labute approximate surface area is 115 Å². The Morgan fingerprint density at radius 2 is 1.90 bits per heavy atom. The van der Waals surface area contributed by atoms with Crippen LogP contribution in [0, 0.1) is 20.2 Å². The number of non-ortho nitro benzene ring substituents is 1. The van der Waals surface area contributed by atoms with Gasteiger partial charge in [0.05, 0.1) is 10.8 Å². The SMILES string of the molecule is CC(=O)C[C@@H](c1cccc([N+](=O)[O-])c1)C(C)(C)[N+](=O)[O-]. The molecule has 0 saturated carbocycles. The number of hydrogen-bond acceptors (Lipinski definition) is 5. The number of rotatable bonds is 6. The van der Waals surface area contributed by atoms with E-state index < -0.39 is 21.3 Å². The molecule has 20 heavy (non-hydrogen) atoms. The number of nitro benzene ring substituents is 1. The predicted molar refractivity (Wildman–Crippen MR) is 72.2 cm³/mol. The number of hydrogen-bond donors (Lipinski definition) is 0. The van der Waals surface area contributed by atoms with Crippen molar-refractivity contribution in [2.75, 3.05) is 0 Å². The van der Waals surface area contributed by atoms with E-state index in [0.29, 0.717) is 5.56 Å². The number of benzene rings is 1. The molecule has 0 aliphatic carbocycles. The summed E-state index contributed by atoms with van der Waals surface area (Å²) in [5.41, 5.74) is -1.10. The quantitative estimate of drug-likeness (QED) is 0.588. The average molecular weight is 280 g/mol. The minimum atomic E-state index is -1.39. The Kier molecular flexibility index (Phi) is 4.54. The standard InChI is InChI=1S/C13H16N2O5/c1-9(16)7-12(13(2,3)15(19)20)10-5-4-6-11(8-10)14(17)18/h4-6,8,12H,7H2,1-3H3/t12-/m0/s1. The molecule has 0 saturated heterocycles. The molecule has 0 N–H and O–H groups in total. The zero-order valence-electron chi connectivity index (χ0n) is 11.5. The lowest BCUT2D eigenvalue weighted by Crippen LogP contribution is -2.39. The molecule has 0 heterocycles. The summed E-state index contributed by atoms with van der Waals surface area (Å²) in [5, 5.41) is 22.0. The van der Waals surface area contributed by atoms with Crippen molar-refractivity contribution in [3.05, 3.63) is 50.1 Å². The van der Waals surface area contributed by atoms with Gasteiger partial charge >= 0.3 is 0 Å². The van der Waals surface area contributed by atoms with Gasteiger partial charge in [-0.3, -0.25) is 20.2 Å². The number of Topliss-reactive ketones (excluding diaryl/α,β-unsaturated/α-hetero) is 1. The average Bonchev–Trinajstić information content (AvgIpc) is 2.35. The van der Waals surface area contributed by atoms with Gasteiger partial charge in [0.15, 0.2) is 0 Å². The molecule has 0 bridgehead atoms. The second-order valence-electron chi connectivity index (χ2n) is 5.22. The molecule has 0 spiro atoms. The lowest BCUT2D eigenvalue weighted by molar-refractivity contribution is -0.565. The highest BCUT2D eigenvalue weighted by atomic mass is 16.6. The van der Waals surface area contributed by atoms with Gasteiger partial charge < -0.3 is 4.79 Å². The maximum atomic E-state index is 11.4. The third kappa shape index (κ3) is 3.37. The van der Waals surface area contributed by atoms with E-state index in [1.165, 1.54) is 39.0 Å². The fourth-order valence-electron chi connectivity index (χ4n) is 2.05. The Morgan fingerprint density at radius 1 is 1.30 bits per heavy atom. The van der Waals surface area contributed by atoms with Crippen LogP contribution in [0.1, 0.15) is 38.7 Å². The van der Waals surface area contributed by atoms with Crippen LogP contribution in [0.5, 0.6) is 0 Å². The highest BCUT2D eigenvalue weighted by Crippen LogP contribution is 2.35. The summed E-state index contributed by atoms with van der Waals surface area (Å²) in [4.78, 5) is 32.3. The van der Waals surface area contributed by atoms with Crippen molar-refractivity contribution >= 4 is 11.5 Å². The minimum Gasteiger partial charge on any atom is -0.300 e. The van der Waals surface area contributed by atoms with Gasteiger partial charge in [-0.1, -0.05) is 12.1 Å². The molecule has 1 atom stereocenters. The van der Waals surface area contributed by atoms with Gasteiger partial charge in [-0.15, -0.1) is 0 Å². The van der Waals surface area contributed by atoms with Crippen molar-refractivity contribution in [2.24, 2.45) is 0 Å². The molecule has 7 nitrogen and oxygen atoms in total. The lowest BCUT2D eigenvalue weighted by Gasteiger charge is -2.26. The van der Waals surface area contributed by atoms with Crippen LogP contribution >= 0.6 is 0 Å². The van der Waals surface area contributed by atoms with Gasteiger partial charge in [-0.25, -0.2) is 0 Å². The molecule has 0 aliphatic rings. The van der Waals surface area contributed by atoms with Crippen LogP contribution < -0.4 is 0 Å². The first kappa shape index (κ1) is 15.7. The second-order valence-corrected chi connectivity index (χ2v) is 5.22. The van der Waals surface area contributed by atoms with E-state index >= 15 is 0 Å². The molecule has 1 rings (SSSR count). The Bertz CT molecular complexity index is 553. The van der Waals surface area contributed by atoms with Crippen LogP contribution in [0.25, 0.3) is 0 Å². The van der Waals surface area contributed by atoms with E-state index in [2.05, 4.69) is 0 Å². The molecule has 0 amide bonds. The summed E-state index contributed by atoms with van der Waals surface area (Å²) in [6.45, 7) is 4.18. The zero-order valence-corrected chi connectivity index (χ0v) is 11.5. The lowest BCUT2D eigenvalue weighted by atomic mass is 9.79. The Hall–Kier alpha value is -2.31. The summed E-state index contributed by atoms with van der Waals surface area (Å²) >= 11 is 0. The van der Waals surface area contributed by atoms with Crippen LogP contribution in [0.15, 0.2) is 24.3 Å². The van der Waals surface area contributed by atoms with Crippen LogP contribution in [0.2, 0.25) is 0 Å².